The Kier molecular flexibility index (Phi) is 6.67. The topological polar surface area (TPSA) is 323 Å². The highest BCUT2D eigenvalue weighted by molar-refractivity contribution is 7.55. The van der Waals surface area contributed by atoms with Crippen LogP contribution in [0.2, 0.25) is 0 Å². The molecule has 0 aromatic carbocycles. The van der Waals surface area contributed by atoms with Crippen LogP contribution in [-0.4, -0.2) is 69.9 Å². The Bertz CT molecular complexity index is 1870. The van der Waals surface area contributed by atoms with Crippen molar-refractivity contribution in [1.82, 2.24) is 30.5 Å². The zero-order valence-corrected chi connectivity index (χ0v) is 24.2. The monoisotopic (exact) mass is 673 g/mol. The number of aliphatic hydroxyl groups is 1. The van der Waals surface area contributed by atoms with Gasteiger partial charge in [0.05, 0.1) is 24.4 Å². The summed E-state index contributed by atoms with van der Waals surface area (Å²) >= 11 is 0. The highest BCUT2D eigenvalue weighted by atomic mass is 31.2. The van der Waals surface area contributed by atoms with Crippen LogP contribution in [0.25, 0.3) is 16.9 Å². The zero-order chi connectivity index (χ0) is 31.8. The summed E-state index contributed by atoms with van der Waals surface area (Å²) in [5.74, 6) is -3.62. The zero-order valence-electron chi connectivity index (χ0n) is 22.4. The maximum absolute atomic E-state index is 12.3. The average molecular weight is 673 g/mol. The number of aromatic amines is 1. The molecule has 0 saturated carbocycles. The normalized spacial score (nSPS) is 25.2. The molecule has 7 heterocycles. The van der Waals surface area contributed by atoms with Gasteiger partial charge in [-0.3, -0.25) is 28.7 Å². The summed E-state index contributed by atoms with van der Waals surface area (Å²) in [5.41, 5.74) is 11.5. The van der Waals surface area contributed by atoms with Crippen molar-refractivity contribution in [2.24, 2.45) is 5.73 Å². The molecule has 240 valence electrons. The fourth-order valence-corrected chi connectivity index (χ4v) is 6.38. The molecule has 2 atom stereocenters. The summed E-state index contributed by atoms with van der Waals surface area (Å²) in [5, 5.41) is 31.1. The number of H-pyrrole nitrogens is 1. The Labute approximate surface area is 250 Å². The van der Waals surface area contributed by atoms with Crippen LogP contribution >= 0.6 is 16.3 Å². The van der Waals surface area contributed by atoms with Gasteiger partial charge in [0.25, 0.3) is 23.0 Å². The number of nitrogen functional groups attached to an aromatic ring is 1. The molecule has 0 amide bonds. The molecule has 3 aromatic heterocycles. The highest BCUT2D eigenvalue weighted by Crippen LogP contribution is 2.61. The molecular formula is C21H25N9O13P2+2. The van der Waals surface area contributed by atoms with Crippen LogP contribution in [0.1, 0.15) is 5.76 Å². The van der Waals surface area contributed by atoms with Gasteiger partial charge in [-0.05, 0) is 6.07 Å². The molecule has 14 N–H and O–H groups in total. The number of anilines is 2. The molecule has 7 rings (SSSR count). The standard InChI is InChI=1S/C21H23N9O13P2/c22-15-10-17(25-5-24-15)30(6-26-10)19-12(32)13-9(41-19)4-39-45(36,37)43-14-11(31)8(3-38-44(34,35)42-13)40-20(14)29-2-1-7-16(29)27-21(23)28-18(7)33/h1-3,11,17,24-26,31,34-37H,4-6,22H2,(H2-2,23,27,28,32,33)/p+2/b8-3+/t11-,17?/m1/s1. The quantitative estimate of drug-likeness (QED) is 0.130. The molecule has 22 nitrogen and oxygen atoms in total. The van der Waals surface area contributed by atoms with E-state index in [0.717, 1.165) is 4.57 Å². The van der Waals surface area contributed by atoms with E-state index in [1.807, 2.05) is 0 Å². The number of hydrogen-bond donors (Lipinski definition) is 12. The van der Waals surface area contributed by atoms with Crippen molar-refractivity contribution in [3.63, 3.8) is 0 Å². The second-order valence-electron chi connectivity index (χ2n) is 9.71. The van der Waals surface area contributed by atoms with Crippen LogP contribution < -0.4 is 42.4 Å². The van der Waals surface area contributed by atoms with Gasteiger partial charge < -0.3 is 46.4 Å². The maximum atomic E-state index is 12.3. The van der Waals surface area contributed by atoms with Crippen molar-refractivity contribution in [3.05, 3.63) is 57.7 Å². The van der Waals surface area contributed by atoms with Gasteiger partial charge in [0.15, 0.2) is 36.1 Å². The summed E-state index contributed by atoms with van der Waals surface area (Å²) in [6.07, 6.45) is -0.680. The molecule has 4 aliphatic heterocycles. The highest BCUT2D eigenvalue weighted by Gasteiger charge is 2.53. The van der Waals surface area contributed by atoms with Gasteiger partial charge in [0.1, 0.15) is 12.0 Å². The molecule has 24 heteroatoms. The van der Waals surface area contributed by atoms with Crippen molar-refractivity contribution >= 4 is 45.1 Å². The third-order valence-electron chi connectivity index (χ3n) is 6.87. The van der Waals surface area contributed by atoms with E-state index >= 15 is 0 Å². The first kappa shape index (κ1) is 29.2. The largest absolute Gasteiger partial charge is 0.663 e. The minimum absolute atomic E-state index is 0.0470. The number of aliphatic hydroxyl groups excluding tert-OH is 1. The first-order valence-electron chi connectivity index (χ1n) is 12.7. The predicted octanol–water partition coefficient (Wildman–Crippen LogP) is -2.10. The number of nitrogens with zero attached hydrogens (tertiary/aromatic N) is 3. The molecular weight excluding hydrogens is 648 g/mol. The van der Waals surface area contributed by atoms with Gasteiger partial charge in [-0.2, -0.15) is 24.6 Å². The van der Waals surface area contributed by atoms with E-state index < -0.39 is 75.4 Å². The number of furan rings is 1. The smallest absolute Gasteiger partial charge is 0.500 e. The molecule has 45 heavy (non-hydrogen) atoms. The molecule has 0 spiro atoms. The van der Waals surface area contributed by atoms with Crippen LogP contribution in [0.5, 0.6) is 11.5 Å². The van der Waals surface area contributed by atoms with Crippen molar-refractivity contribution in [2.45, 2.75) is 18.9 Å². The Balaban J connectivity index is 1.28. The molecule has 0 radical (unpaired) electrons. The van der Waals surface area contributed by atoms with Crippen LogP contribution in [0.3, 0.4) is 0 Å². The van der Waals surface area contributed by atoms with E-state index in [4.69, 9.17) is 38.7 Å². The molecule has 0 aliphatic carbocycles. The van der Waals surface area contributed by atoms with E-state index in [1.165, 1.54) is 17.2 Å². The van der Waals surface area contributed by atoms with Crippen molar-refractivity contribution in [2.75, 3.05) is 24.0 Å². The minimum atomic E-state index is -4.93. The van der Waals surface area contributed by atoms with Crippen molar-refractivity contribution in [1.29, 1.82) is 0 Å². The van der Waals surface area contributed by atoms with E-state index in [0.29, 0.717) is 17.8 Å². The second-order valence-corrected chi connectivity index (χ2v) is 12.5. The van der Waals surface area contributed by atoms with Crippen LogP contribution in [0, 0.1) is 0 Å². The van der Waals surface area contributed by atoms with E-state index in [-0.39, 0.29) is 36.2 Å². The molecule has 3 aromatic rings. The van der Waals surface area contributed by atoms with Gasteiger partial charge in [0.2, 0.25) is 17.6 Å². The number of aromatic nitrogens is 3. The van der Waals surface area contributed by atoms with Crippen molar-refractivity contribution in [3.8, 4) is 11.5 Å². The van der Waals surface area contributed by atoms with Crippen LogP contribution in [-0.2, 0) is 24.9 Å². The average Bonchev–Trinajstić information content (AvgIpc) is 3.72. The first-order chi connectivity index (χ1) is 21.3. The number of aromatic hydroxyl groups is 1. The molecule has 2 bridgehead atoms. The Morgan fingerprint density at radius 2 is 1.91 bits per heavy atom. The van der Waals surface area contributed by atoms with E-state index in [9.17, 15) is 34.6 Å². The van der Waals surface area contributed by atoms with E-state index in [2.05, 4.69) is 25.9 Å². The lowest BCUT2D eigenvalue weighted by molar-refractivity contribution is 0.102. The summed E-state index contributed by atoms with van der Waals surface area (Å²) in [6.45, 7) is -0.535. The maximum Gasteiger partial charge on any atom is 0.663 e. The lowest BCUT2D eigenvalue weighted by Crippen LogP contribution is -2.51. The Morgan fingerprint density at radius 1 is 1.11 bits per heavy atom. The molecule has 1 fully saturated rings. The number of fused-ring (bicyclic) bond motifs is 5. The lowest BCUT2D eigenvalue weighted by atomic mass is 10.3. The summed E-state index contributed by atoms with van der Waals surface area (Å²) in [7, 11) is -9.86. The summed E-state index contributed by atoms with van der Waals surface area (Å²) in [6, 6.07) is 1.34. The summed E-state index contributed by atoms with van der Waals surface area (Å²) in [4.78, 5) is 63.0. The van der Waals surface area contributed by atoms with E-state index in [1.54, 1.807) is 0 Å². The number of ether oxygens (including phenoxy) is 1. The lowest BCUT2D eigenvalue weighted by Gasteiger charge is -2.28. The molecule has 4 aliphatic rings. The van der Waals surface area contributed by atoms with Gasteiger partial charge in [-0.25, -0.2) is 4.52 Å². The summed E-state index contributed by atoms with van der Waals surface area (Å²) < 4.78 is 33.2. The first-order valence-corrected chi connectivity index (χ1v) is 15.8. The third kappa shape index (κ3) is 4.99. The van der Waals surface area contributed by atoms with Gasteiger partial charge >= 0.3 is 16.3 Å². The SMILES string of the molecule is NC1=C2NCN(c3oc4c(c3O)O[P+](O)(O)O/C=C3/OC(n5ccc6c(=O)[nH]c(N)nc65)=C(O[P+](O)(O)OC4)[C@@H]3O)C2NCN1. The predicted molar refractivity (Wildman–Crippen MR) is 150 cm³/mol. The Hall–Kier alpha value is -4.50. The number of rotatable bonds is 2. The molecule has 1 unspecified atom stereocenters. The van der Waals surface area contributed by atoms with Crippen LogP contribution in [0.15, 0.2) is 50.8 Å². The Morgan fingerprint density at radius 3 is 2.71 bits per heavy atom. The van der Waals surface area contributed by atoms with Gasteiger partial charge in [-0.1, -0.05) is 0 Å². The number of nitrogens with two attached hydrogens (primary N) is 2. The third-order valence-corrected chi connectivity index (χ3v) is 8.57. The fraction of sp³-hybridized carbons (Fsp3) is 0.238. The van der Waals surface area contributed by atoms with Crippen LogP contribution in [0.4, 0.5) is 11.8 Å². The number of nitrogens with one attached hydrogen (secondary N) is 4. The fourth-order valence-electron chi connectivity index (χ4n) is 4.89. The molecule has 1 saturated heterocycles. The number of hydrogen-bond acceptors (Lipinski definition) is 20. The minimum Gasteiger partial charge on any atom is -0.500 e. The van der Waals surface area contributed by atoms with Gasteiger partial charge in [-0.15, -0.1) is 4.52 Å². The van der Waals surface area contributed by atoms with Gasteiger partial charge in [0, 0.05) is 6.20 Å². The van der Waals surface area contributed by atoms with Crippen molar-refractivity contribution < 1.29 is 57.0 Å². The second kappa shape index (κ2) is 10.3.